The zero-order valence-electron chi connectivity index (χ0n) is 8.81. The third-order valence-electron chi connectivity index (χ3n) is 2.22. The summed E-state index contributed by atoms with van der Waals surface area (Å²) in [4.78, 5) is 0. The molecule has 0 aromatic heterocycles. The van der Waals surface area contributed by atoms with Crippen molar-refractivity contribution in [1.29, 1.82) is 0 Å². The van der Waals surface area contributed by atoms with Gasteiger partial charge in [-0.1, -0.05) is 0 Å². The van der Waals surface area contributed by atoms with Gasteiger partial charge in [0.1, 0.15) is 11.6 Å². The average molecular weight is 233 g/mol. The van der Waals surface area contributed by atoms with Crippen molar-refractivity contribution < 1.29 is 13.5 Å². The molecule has 0 bridgehead atoms. The van der Waals surface area contributed by atoms with Gasteiger partial charge in [0.25, 0.3) is 0 Å². The van der Waals surface area contributed by atoms with Crippen molar-refractivity contribution in [3.05, 3.63) is 70.9 Å². The molecule has 0 heterocycles. The molecule has 0 fully saturated rings. The predicted octanol–water partition coefficient (Wildman–Crippen LogP) is 3.23. The first-order valence-corrected chi connectivity index (χ1v) is 4.97. The summed E-state index contributed by atoms with van der Waals surface area (Å²) < 4.78 is 25.9. The Bertz CT molecular complexity index is 532. The third kappa shape index (κ3) is 2.87. The van der Waals surface area contributed by atoms with Crippen LogP contribution in [-0.2, 0) is 0 Å². The maximum atomic E-state index is 12.6. The lowest BCUT2D eigenvalue weighted by Crippen LogP contribution is -1.98. The highest BCUT2D eigenvalue weighted by Crippen LogP contribution is 2.11. The Morgan fingerprint density at radius 2 is 1.29 bits per heavy atom. The van der Waals surface area contributed by atoms with Crippen LogP contribution < -0.4 is 0 Å². The van der Waals surface area contributed by atoms with Gasteiger partial charge in [0, 0.05) is 17.7 Å². The van der Waals surface area contributed by atoms with Gasteiger partial charge in [0.05, 0.1) is 0 Å². The molecule has 2 aromatic carbocycles. The van der Waals surface area contributed by atoms with Crippen molar-refractivity contribution in [2.75, 3.05) is 0 Å². The Labute approximate surface area is 97.0 Å². The molecule has 0 spiro atoms. The van der Waals surface area contributed by atoms with E-state index in [0.29, 0.717) is 16.0 Å². The summed E-state index contributed by atoms with van der Waals surface area (Å²) >= 11 is 0. The molecule has 0 aliphatic heterocycles. The lowest BCUT2D eigenvalue weighted by atomic mass is 10.2. The summed E-state index contributed by atoms with van der Waals surface area (Å²) in [5.41, 5.74) is 0.890. The number of benzene rings is 2. The molecule has 86 valence electrons. The Morgan fingerprint density at radius 3 is 1.82 bits per heavy atom. The third-order valence-corrected chi connectivity index (χ3v) is 2.22. The predicted molar refractivity (Wildman–Crippen MR) is 61.3 cm³/mol. The molecule has 2 aromatic rings. The van der Waals surface area contributed by atoms with Crippen LogP contribution in [0.5, 0.6) is 0 Å². The normalized spacial score (nSPS) is 11.5. The first-order chi connectivity index (χ1) is 8.15. The van der Waals surface area contributed by atoms with Crippen LogP contribution in [0.1, 0.15) is 5.56 Å². The zero-order chi connectivity index (χ0) is 12.3. The van der Waals surface area contributed by atoms with Gasteiger partial charge in [0.15, 0.2) is 6.21 Å². The van der Waals surface area contributed by atoms with Crippen LogP contribution in [0, 0.1) is 16.8 Å². The standard InChI is InChI=1S/C13H9F2NO/c14-11-3-1-10(2-4-11)9-16(17)13-7-5-12(15)6-8-13/h1-9H. The van der Waals surface area contributed by atoms with Crippen LogP contribution in [0.4, 0.5) is 14.5 Å². The average Bonchev–Trinajstić information content (AvgIpc) is 2.33. The lowest BCUT2D eigenvalue weighted by Gasteiger charge is -2.02. The molecule has 17 heavy (non-hydrogen) atoms. The van der Waals surface area contributed by atoms with Crippen LogP contribution in [0.3, 0.4) is 0 Å². The van der Waals surface area contributed by atoms with Crippen molar-refractivity contribution in [2.45, 2.75) is 0 Å². The summed E-state index contributed by atoms with van der Waals surface area (Å²) in [5.74, 6) is -0.759. The first-order valence-electron chi connectivity index (χ1n) is 4.97. The van der Waals surface area contributed by atoms with E-state index in [0.717, 1.165) is 0 Å². The van der Waals surface area contributed by atoms with Crippen molar-refractivity contribution in [3.8, 4) is 0 Å². The van der Waals surface area contributed by atoms with Crippen LogP contribution in [-0.4, -0.2) is 11.0 Å². The molecular weight excluding hydrogens is 224 g/mol. The second-order valence-electron chi connectivity index (χ2n) is 3.48. The van der Waals surface area contributed by atoms with Gasteiger partial charge in [-0.05, 0) is 36.4 Å². The van der Waals surface area contributed by atoms with Crippen molar-refractivity contribution >= 4 is 11.9 Å². The van der Waals surface area contributed by atoms with Gasteiger partial charge in [-0.25, -0.2) is 8.78 Å². The van der Waals surface area contributed by atoms with Gasteiger partial charge in [-0.2, -0.15) is 4.74 Å². The molecular formula is C13H9F2NO. The fraction of sp³-hybridized carbons (Fsp3) is 0. The van der Waals surface area contributed by atoms with Crippen molar-refractivity contribution in [3.63, 3.8) is 0 Å². The van der Waals surface area contributed by atoms with E-state index >= 15 is 0 Å². The van der Waals surface area contributed by atoms with E-state index in [2.05, 4.69) is 0 Å². The van der Waals surface area contributed by atoms with Gasteiger partial charge in [-0.15, -0.1) is 0 Å². The molecule has 4 heteroatoms. The van der Waals surface area contributed by atoms with Crippen molar-refractivity contribution in [2.24, 2.45) is 0 Å². The summed E-state index contributed by atoms with van der Waals surface area (Å²) in [5, 5.41) is 11.7. The number of rotatable bonds is 2. The minimum Gasteiger partial charge on any atom is -0.618 e. The first kappa shape index (κ1) is 11.3. The van der Waals surface area contributed by atoms with Crippen LogP contribution >= 0.6 is 0 Å². The minimum absolute atomic E-state index is 0.315. The largest absolute Gasteiger partial charge is 0.618 e. The summed E-state index contributed by atoms with van der Waals surface area (Å²) in [6, 6.07) is 10.7. The topological polar surface area (TPSA) is 26.1 Å². The van der Waals surface area contributed by atoms with E-state index in [4.69, 9.17) is 0 Å². The van der Waals surface area contributed by atoms with Gasteiger partial charge < -0.3 is 5.21 Å². The van der Waals surface area contributed by atoms with E-state index in [1.54, 1.807) is 0 Å². The van der Waals surface area contributed by atoms with Crippen molar-refractivity contribution in [1.82, 2.24) is 0 Å². The molecule has 0 aliphatic rings. The fourth-order valence-electron chi connectivity index (χ4n) is 1.35. The Hall–Kier alpha value is -2.23. The Kier molecular flexibility index (Phi) is 3.14. The van der Waals surface area contributed by atoms with Gasteiger partial charge in [-0.3, -0.25) is 0 Å². The van der Waals surface area contributed by atoms with E-state index in [9.17, 15) is 14.0 Å². The number of nitrogens with zero attached hydrogens (tertiary/aromatic N) is 1. The fourth-order valence-corrected chi connectivity index (χ4v) is 1.35. The summed E-state index contributed by atoms with van der Waals surface area (Å²) in [6.45, 7) is 0. The number of halogens is 2. The van der Waals surface area contributed by atoms with Crippen LogP contribution in [0.15, 0.2) is 48.5 Å². The summed E-state index contributed by atoms with van der Waals surface area (Å²) in [6.07, 6.45) is 1.30. The molecule has 2 rings (SSSR count). The molecule has 0 radical (unpaired) electrons. The highest BCUT2D eigenvalue weighted by atomic mass is 19.1. The second kappa shape index (κ2) is 4.74. The van der Waals surface area contributed by atoms with E-state index in [1.165, 1.54) is 54.7 Å². The van der Waals surface area contributed by atoms with E-state index < -0.39 is 5.82 Å². The summed E-state index contributed by atoms with van der Waals surface area (Å²) in [7, 11) is 0. The second-order valence-corrected chi connectivity index (χ2v) is 3.48. The molecule has 0 aliphatic carbocycles. The maximum Gasteiger partial charge on any atom is 0.216 e. The lowest BCUT2D eigenvalue weighted by molar-refractivity contribution is -0.354. The molecule has 0 saturated carbocycles. The van der Waals surface area contributed by atoms with Crippen LogP contribution in [0.2, 0.25) is 0 Å². The molecule has 0 saturated heterocycles. The molecule has 0 amide bonds. The molecule has 2 nitrogen and oxygen atoms in total. The van der Waals surface area contributed by atoms with E-state index in [-0.39, 0.29) is 5.82 Å². The number of hydrogen-bond donors (Lipinski definition) is 0. The number of hydrogen-bond acceptors (Lipinski definition) is 1. The highest BCUT2D eigenvalue weighted by molar-refractivity contribution is 5.76. The minimum atomic E-state index is -0.399. The quantitative estimate of drug-likeness (QED) is 0.338. The molecule has 0 unspecified atom stereocenters. The molecule has 0 N–H and O–H groups in total. The monoisotopic (exact) mass is 233 g/mol. The van der Waals surface area contributed by atoms with Gasteiger partial charge in [0.2, 0.25) is 5.69 Å². The maximum absolute atomic E-state index is 12.6. The zero-order valence-corrected chi connectivity index (χ0v) is 8.81. The smallest absolute Gasteiger partial charge is 0.216 e. The Balaban J connectivity index is 2.27. The van der Waals surface area contributed by atoms with Gasteiger partial charge >= 0.3 is 0 Å². The Morgan fingerprint density at radius 1 is 0.824 bits per heavy atom. The highest BCUT2D eigenvalue weighted by Gasteiger charge is 2.02. The van der Waals surface area contributed by atoms with E-state index in [1.807, 2.05) is 0 Å². The van der Waals surface area contributed by atoms with Crippen LogP contribution in [0.25, 0.3) is 0 Å². The SMILES string of the molecule is [O-][N+](=Cc1ccc(F)cc1)c1ccc(F)cc1. The molecule has 0 atom stereocenters.